The summed E-state index contributed by atoms with van der Waals surface area (Å²) in [4.78, 5) is 14.9. The van der Waals surface area contributed by atoms with Crippen LogP contribution in [0, 0.1) is 11.3 Å². The SMILES string of the molecule is CN(C)CC(C)(O)CNC(=O)c1ccccc1SCC#N. The van der Waals surface area contributed by atoms with Gasteiger partial charge in [0.25, 0.3) is 5.91 Å². The number of nitrogens with zero attached hydrogens (tertiary/aromatic N) is 2. The van der Waals surface area contributed by atoms with E-state index in [2.05, 4.69) is 5.32 Å². The van der Waals surface area contributed by atoms with E-state index in [4.69, 9.17) is 5.26 Å². The molecule has 1 aromatic carbocycles. The Kier molecular flexibility index (Phi) is 6.69. The zero-order chi connectivity index (χ0) is 15.9. The first-order valence-corrected chi connectivity index (χ1v) is 7.58. The molecule has 5 nitrogen and oxygen atoms in total. The molecule has 0 aliphatic rings. The predicted molar refractivity (Wildman–Crippen MR) is 84.3 cm³/mol. The Bertz CT molecular complexity index is 524. The van der Waals surface area contributed by atoms with Crippen LogP contribution < -0.4 is 5.32 Å². The number of nitrogens with one attached hydrogen (secondary N) is 1. The number of hydrogen-bond donors (Lipinski definition) is 2. The molecule has 21 heavy (non-hydrogen) atoms. The van der Waals surface area contributed by atoms with E-state index in [1.54, 1.807) is 19.1 Å². The highest BCUT2D eigenvalue weighted by atomic mass is 32.2. The summed E-state index contributed by atoms with van der Waals surface area (Å²) < 4.78 is 0. The summed E-state index contributed by atoms with van der Waals surface area (Å²) in [6, 6.07) is 9.19. The Morgan fingerprint density at radius 1 is 1.48 bits per heavy atom. The maximum Gasteiger partial charge on any atom is 0.252 e. The largest absolute Gasteiger partial charge is 0.387 e. The minimum absolute atomic E-state index is 0.168. The van der Waals surface area contributed by atoms with Gasteiger partial charge in [-0.25, -0.2) is 0 Å². The van der Waals surface area contributed by atoms with Gasteiger partial charge in [0, 0.05) is 18.0 Å². The molecule has 1 amide bonds. The van der Waals surface area contributed by atoms with Crippen molar-refractivity contribution in [3.05, 3.63) is 29.8 Å². The highest BCUT2D eigenvalue weighted by Crippen LogP contribution is 2.22. The van der Waals surface area contributed by atoms with Crippen molar-refractivity contribution in [2.45, 2.75) is 17.4 Å². The van der Waals surface area contributed by atoms with Crippen LogP contribution in [0.2, 0.25) is 0 Å². The third-order valence-corrected chi connectivity index (χ3v) is 3.65. The zero-order valence-electron chi connectivity index (χ0n) is 12.6. The van der Waals surface area contributed by atoms with E-state index >= 15 is 0 Å². The van der Waals surface area contributed by atoms with Crippen LogP contribution in [0.15, 0.2) is 29.2 Å². The lowest BCUT2D eigenvalue weighted by atomic mass is 10.1. The number of amides is 1. The molecule has 0 aliphatic heterocycles. The van der Waals surface area contributed by atoms with Crippen molar-refractivity contribution in [1.82, 2.24) is 10.2 Å². The first kappa shape index (κ1) is 17.5. The number of nitriles is 1. The van der Waals surface area contributed by atoms with E-state index in [-0.39, 0.29) is 12.5 Å². The van der Waals surface area contributed by atoms with E-state index in [9.17, 15) is 9.90 Å². The third-order valence-electron chi connectivity index (χ3n) is 2.71. The van der Waals surface area contributed by atoms with Crippen LogP contribution in [-0.2, 0) is 0 Å². The number of hydrogen-bond acceptors (Lipinski definition) is 5. The Morgan fingerprint density at radius 2 is 2.14 bits per heavy atom. The van der Waals surface area contributed by atoms with E-state index in [0.717, 1.165) is 4.90 Å². The first-order valence-electron chi connectivity index (χ1n) is 6.60. The maximum atomic E-state index is 12.2. The van der Waals surface area contributed by atoms with Crippen molar-refractivity contribution in [1.29, 1.82) is 5.26 Å². The summed E-state index contributed by atoms with van der Waals surface area (Å²) in [6.07, 6.45) is 0. The molecule has 0 aromatic heterocycles. The quantitative estimate of drug-likeness (QED) is 0.744. The summed E-state index contributed by atoms with van der Waals surface area (Å²) >= 11 is 1.33. The zero-order valence-corrected chi connectivity index (χ0v) is 13.4. The topological polar surface area (TPSA) is 76.4 Å². The molecule has 0 heterocycles. The number of carbonyl (C=O) groups is 1. The maximum absolute atomic E-state index is 12.2. The molecule has 114 valence electrons. The van der Waals surface area contributed by atoms with E-state index in [1.807, 2.05) is 37.2 Å². The van der Waals surface area contributed by atoms with Gasteiger partial charge in [0.15, 0.2) is 0 Å². The smallest absolute Gasteiger partial charge is 0.252 e. The van der Waals surface area contributed by atoms with Crippen LogP contribution in [0.3, 0.4) is 0 Å². The predicted octanol–water partition coefficient (Wildman–Crippen LogP) is 1.34. The van der Waals surface area contributed by atoms with Crippen LogP contribution in [0.25, 0.3) is 0 Å². The normalized spacial score (nSPS) is 13.5. The van der Waals surface area contributed by atoms with Gasteiger partial charge in [0.2, 0.25) is 0 Å². The Morgan fingerprint density at radius 3 is 2.76 bits per heavy atom. The van der Waals surface area contributed by atoms with Crippen molar-refractivity contribution in [3.63, 3.8) is 0 Å². The summed E-state index contributed by atoms with van der Waals surface area (Å²) in [5.41, 5.74) is -0.466. The molecule has 6 heteroatoms. The Balaban J connectivity index is 2.70. The standard InChI is InChI=1S/C15H21N3O2S/c1-15(20,11-18(2)3)10-17-14(19)12-6-4-5-7-13(12)21-9-8-16/h4-7,20H,9-11H2,1-3H3,(H,17,19). The van der Waals surface area contributed by atoms with Gasteiger partial charge in [0.1, 0.15) is 0 Å². The lowest BCUT2D eigenvalue weighted by Gasteiger charge is -2.27. The Hall–Kier alpha value is -1.55. The van der Waals surface area contributed by atoms with Gasteiger partial charge in [-0.3, -0.25) is 4.79 Å². The fourth-order valence-corrected chi connectivity index (χ4v) is 2.70. The number of carbonyl (C=O) groups excluding carboxylic acids is 1. The molecule has 0 bridgehead atoms. The first-order chi connectivity index (χ1) is 9.85. The number of rotatable bonds is 7. The molecule has 1 unspecified atom stereocenters. The second-order valence-corrected chi connectivity index (χ2v) is 6.38. The molecule has 0 fully saturated rings. The van der Waals surface area contributed by atoms with Gasteiger partial charge in [-0.05, 0) is 33.2 Å². The average Bonchev–Trinajstić information content (AvgIpc) is 2.41. The summed E-state index contributed by atoms with van der Waals surface area (Å²) in [5.74, 6) is 0.0536. The van der Waals surface area contributed by atoms with Gasteiger partial charge in [0.05, 0.1) is 23.0 Å². The Labute approximate surface area is 129 Å². The molecule has 0 saturated heterocycles. The number of likely N-dealkylation sites (N-methyl/N-ethyl adjacent to an activating group) is 1. The molecule has 0 saturated carbocycles. The van der Waals surface area contributed by atoms with Crippen molar-refractivity contribution < 1.29 is 9.90 Å². The average molecular weight is 307 g/mol. The van der Waals surface area contributed by atoms with Crippen molar-refractivity contribution >= 4 is 17.7 Å². The summed E-state index contributed by atoms with van der Waals surface area (Å²) in [5, 5.41) is 21.6. The van der Waals surface area contributed by atoms with Gasteiger partial charge in [-0.2, -0.15) is 5.26 Å². The number of thioether (sulfide) groups is 1. The van der Waals surface area contributed by atoms with Gasteiger partial charge in [-0.15, -0.1) is 11.8 Å². The van der Waals surface area contributed by atoms with Crippen LogP contribution in [0.1, 0.15) is 17.3 Å². The molecule has 0 spiro atoms. The summed E-state index contributed by atoms with van der Waals surface area (Å²) in [7, 11) is 3.73. The fourth-order valence-electron chi connectivity index (χ4n) is 1.99. The van der Waals surface area contributed by atoms with E-state index < -0.39 is 5.60 Å². The molecule has 1 aromatic rings. The fraction of sp³-hybridized carbons (Fsp3) is 0.467. The van der Waals surface area contributed by atoms with Crippen molar-refractivity contribution in [2.75, 3.05) is 32.9 Å². The molecule has 0 aliphatic carbocycles. The van der Waals surface area contributed by atoms with Crippen molar-refractivity contribution in [2.24, 2.45) is 0 Å². The lowest BCUT2D eigenvalue weighted by Crippen LogP contribution is -2.47. The third kappa shape index (κ3) is 6.17. The second-order valence-electron chi connectivity index (χ2n) is 5.36. The second kappa shape index (κ2) is 8.03. The monoisotopic (exact) mass is 307 g/mol. The minimum Gasteiger partial charge on any atom is -0.387 e. The lowest BCUT2D eigenvalue weighted by molar-refractivity contribution is 0.0325. The van der Waals surface area contributed by atoms with Crippen LogP contribution in [0.4, 0.5) is 0 Å². The van der Waals surface area contributed by atoms with Gasteiger partial charge >= 0.3 is 0 Å². The molecule has 1 atom stereocenters. The molecular weight excluding hydrogens is 286 g/mol. The molecule has 2 N–H and O–H groups in total. The molecular formula is C15H21N3O2S. The number of aliphatic hydroxyl groups is 1. The highest BCUT2D eigenvalue weighted by Gasteiger charge is 2.23. The van der Waals surface area contributed by atoms with Gasteiger partial charge in [-0.1, -0.05) is 12.1 Å². The number of benzene rings is 1. The van der Waals surface area contributed by atoms with Crippen LogP contribution in [0.5, 0.6) is 0 Å². The van der Waals surface area contributed by atoms with E-state index in [0.29, 0.717) is 17.9 Å². The van der Waals surface area contributed by atoms with Crippen molar-refractivity contribution in [3.8, 4) is 6.07 Å². The van der Waals surface area contributed by atoms with Gasteiger partial charge < -0.3 is 15.3 Å². The molecule has 1 rings (SSSR count). The minimum atomic E-state index is -0.992. The molecule has 0 radical (unpaired) electrons. The highest BCUT2D eigenvalue weighted by molar-refractivity contribution is 7.99. The van der Waals surface area contributed by atoms with Crippen LogP contribution >= 0.6 is 11.8 Å². The summed E-state index contributed by atoms with van der Waals surface area (Å²) in [6.45, 7) is 2.31. The van der Waals surface area contributed by atoms with E-state index in [1.165, 1.54) is 11.8 Å². The van der Waals surface area contributed by atoms with Crippen LogP contribution in [-0.4, -0.2) is 54.5 Å².